The zero-order valence-corrected chi connectivity index (χ0v) is 13.5. The van der Waals surface area contributed by atoms with Crippen LogP contribution in [0.1, 0.15) is 11.1 Å². The Labute approximate surface area is 132 Å². The molecule has 2 aromatic carbocycles. The Hall–Kier alpha value is -2.01. The summed E-state index contributed by atoms with van der Waals surface area (Å²) in [5, 5.41) is 2.80. The fraction of sp³-hybridized carbons (Fsp3) is 0.188. The number of carbonyl (C=O) groups is 1. The number of para-hydroxylation sites is 1. The van der Waals surface area contributed by atoms with Crippen molar-refractivity contribution in [3.8, 4) is 5.75 Å². The van der Waals surface area contributed by atoms with E-state index < -0.39 is 0 Å². The molecule has 0 bridgehead atoms. The van der Waals surface area contributed by atoms with Crippen LogP contribution in [-0.2, 0) is 4.79 Å². The Morgan fingerprint density at radius 1 is 1.24 bits per heavy atom. The number of benzene rings is 2. The van der Waals surface area contributed by atoms with Crippen LogP contribution in [0.25, 0.3) is 0 Å². The molecular weight excluding hydrogens is 332 g/mol. The summed E-state index contributed by atoms with van der Waals surface area (Å²) in [6, 6.07) is 11.1. The summed E-state index contributed by atoms with van der Waals surface area (Å²) in [5.74, 6) is 0.490. The second-order valence-corrected chi connectivity index (χ2v) is 5.65. The number of hydrogen-bond donors (Lipinski definition) is 2. The molecule has 0 fully saturated rings. The second kappa shape index (κ2) is 6.63. The maximum absolute atomic E-state index is 11.9. The molecular formula is C16H17BrN2O2. The molecule has 3 N–H and O–H groups in total. The minimum atomic E-state index is -0.211. The third-order valence-electron chi connectivity index (χ3n) is 2.98. The molecule has 0 unspecified atom stereocenters. The molecule has 0 saturated carbocycles. The normalized spacial score (nSPS) is 10.2. The molecule has 0 radical (unpaired) electrons. The molecule has 4 nitrogen and oxygen atoms in total. The van der Waals surface area contributed by atoms with Gasteiger partial charge in [0.05, 0.1) is 5.69 Å². The largest absolute Gasteiger partial charge is 0.483 e. The van der Waals surface area contributed by atoms with E-state index in [1.54, 1.807) is 0 Å². The molecule has 0 spiro atoms. The Kier molecular flexibility index (Phi) is 4.85. The van der Waals surface area contributed by atoms with Crippen LogP contribution in [0.15, 0.2) is 40.9 Å². The monoisotopic (exact) mass is 348 g/mol. The van der Waals surface area contributed by atoms with Crippen molar-refractivity contribution in [3.05, 3.63) is 52.0 Å². The first-order valence-corrected chi connectivity index (χ1v) is 7.30. The van der Waals surface area contributed by atoms with Gasteiger partial charge >= 0.3 is 0 Å². The van der Waals surface area contributed by atoms with Gasteiger partial charge < -0.3 is 15.8 Å². The molecule has 1 amide bonds. The van der Waals surface area contributed by atoms with Gasteiger partial charge in [-0.25, -0.2) is 0 Å². The third-order valence-corrected chi connectivity index (χ3v) is 3.67. The second-order valence-electron chi connectivity index (χ2n) is 4.80. The highest BCUT2D eigenvalue weighted by Gasteiger charge is 2.09. The lowest BCUT2D eigenvalue weighted by molar-refractivity contribution is -0.118. The van der Waals surface area contributed by atoms with Gasteiger partial charge in [-0.3, -0.25) is 4.79 Å². The van der Waals surface area contributed by atoms with Crippen LogP contribution in [0.4, 0.5) is 11.4 Å². The van der Waals surface area contributed by atoms with Gasteiger partial charge in [0.25, 0.3) is 5.91 Å². The highest BCUT2D eigenvalue weighted by molar-refractivity contribution is 9.10. The summed E-state index contributed by atoms with van der Waals surface area (Å²) in [5.41, 5.74) is 9.01. The molecule has 21 heavy (non-hydrogen) atoms. The minimum Gasteiger partial charge on any atom is -0.483 e. The van der Waals surface area contributed by atoms with E-state index >= 15 is 0 Å². The predicted molar refractivity (Wildman–Crippen MR) is 88.6 cm³/mol. The number of nitrogen functional groups attached to an aromatic ring is 1. The molecule has 0 aliphatic rings. The topological polar surface area (TPSA) is 64.3 Å². The average molecular weight is 349 g/mol. The number of nitrogens with two attached hydrogens (primary N) is 1. The summed E-state index contributed by atoms with van der Waals surface area (Å²) in [7, 11) is 0. The standard InChI is InChI=1S/C16H17BrN2O2/c1-10-7-12(18)8-11(2)16(10)21-9-15(20)19-14-6-4-3-5-13(14)17/h3-8H,9,18H2,1-2H3,(H,19,20). The van der Waals surface area contributed by atoms with Gasteiger partial charge in [0.15, 0.2) is 6.61 Å². The number of hydrogen-bond acceptors (Lipinski definition) is 3. The Balaban J connectivity index is 2.01. The molecule has 2 aromatic rings. The van der Waals surface area contributed by atoms with E-state index in [0.717, 1.165) is 21.3 Å². The maximum atomic E-state index is 11.9. The average Bonchev–Trinajstić information content (AvgIpc) is 2.40. The van der Waals surface area contributed by atoms with Gasteiger partial charge in [0.2, 0.25) is 0 Å². The van der Waals surface area contributed by atoms with E-state index in [0.29, 0.717) is 11.4 Å². The van der Waals surface area contributed by atoms with E-state index in [4.69, 9.17) is 10.5 Å². The Morgan fingerprint density at radius 2 is 1.86 bits per heavy atom. The van der Waals surface area contributed by atoms with Gasteiger partial charge in [-0.1, -0.05) is 12.1 Å². The Bertz CT molecular complexity index is 648. The van der Waals surface area contributed by atoms with Crippen molar-refractivity contribution >= 4 is 33.2 Å². The van der Waals surface area contributed by atoms with Crippen molar-refractivity contribution in [1.29, 1.82) is 0 Å². The summed E-state index contributed by atoms with van der Waals surface area (Å²) < 4.78 is 6.45. The molecule has 0 aliphatic carbocycles. The van der Waals surface area contributed by atoms with Gasteiger partial charge in [-0.15, -0.1) is 0 Å². The van der Waals surface area contributed by atoms with E-state index in [1.165, 1.54) is 0 Å². The number of anilines is 2. The number of carbonyl (C=O) groups excluding carboxylic acids is 1. The number of rotatable bonds is 4. The molecule has 0 saturated heterocycles. The van der Waals surface area contributed by atoms with Gasteiger partial charge in [-0.2, -0.15) is 0 Å². The summed E-state index contributed by atoms with van der Waals surface area (Å²) in [6.07, 6.45) is 0. The number of amides is 1. The molecule has 0 heterocycles. The maximum Gasteiger partial charge on any atom is 0.262 e. The van der Waals surface area contributed by atoms with Crippen molar-refractivity contribution in [2.24, 2.45) is 0 Å². The van der Waals surface area contributed by atoms with Crippen LogP contribution in [-0.4, -0.2) is 12.5 Å². The lowest BCUT2D eigenvalue weighted by Gasteiger charge is -2.13. The summed E-state index contributed by atoms with van der Waals surface area (Å²) in [6.45, 7) is 3.77. The van der Waals surface area contributed by atoms with Crippen LogP contribution in [0.5, 0.6) is 5.75 Å². The van der Waals surface area contributed by atoms with E-state index in [-0.39, 0.29) is 12.5 Å². The summed E-state index contributed by atoms with van der Waals surface area (Å²) in [4.78, 5) is 11.9. The highest BCUT2D eigenvalue weighted by Crippen LogP contribution is 2.26. The van der Waals surface area contributed by atoms with Gasteiger partial charge in [0, 0.05) is 10.2 Å². The van der Waals surface area contributed by atoms with Crippen molar-refractivity contribution in [1.82, 2.24) is 0 Å². The molecule has 0 atom stereocenters. The molecule has 0 aliphatic heterocycles. The van der Waals surface area contributed by atoms with Gasteiger partial charge in [0.1, 0.15) is 5.75 Å². The van der Waals surface area contributed by atoms with Crippen LogP contribution in [0, 0.1) is 13.8 Å². The van der Waals surface area contributed by atoms with E-state index in [9.17, 15) is 4.79 Å². The summed E-state index contributed by atoms with van der Waals surface area (Å²) >= 11 is 3.38. The Morgan fingerprint density at radius 3 is 2.48 bits per heavy atom. The van der Waals surface area contributed by atoms with Crippen molar-refractivity contribution in [2.75, 3.05) is 17.7 Å². The number of aryl methyl sites for hydroxylation is 2. The van der Waals surface area contributed by atoms with Crippen LogP contribution < -0.4 is 15.8 Å². The smallest absolute Gasteiger partial charge is 0.262 e. The van der Waals surface area contributed by atoms with Crippen molar-refractivity contribution in [2.45, 2.75) is 13.8 Å². The van der Waals surface area contributed by atoms with Gasteiger partial charge in [-0.05, 0) is 65.2 Å². The SMILES string of the molecule is Cc1cc(N)cc(C)c1OCC(=O)Nc1ccccc1Br. The number of halogens is 1. The fourth-order valence-electron chi connectivity index (χ4n) is 2.10. The third kappa shape index (κ3) is 3.98. The molecule has 2 rings (SSSR count). The molecule has 110 valence electrons. The zero-order valence-electron chi connectivity index (χ0n) is 11.9. The van der Waals surface area contributed by atoms with Crippen molar-refractivity contribution in [3.63, 3.8) is 0 Å². The fourth-order valence-corrected chi connectivity index (χ4v) is 2.48. The lowest BCUT2D eigenvalue weighted by Crippen LogP contribution is -2.21. The molecule has 0 aromatic heterocycles. The first kappa shape index (κ1) is 15.4. The molecule has 5 heteroatoms. The lowest BCUT2D eigenvalue weighted by atomic mass is 10.1. The quantitative estimate of drug-likeness (QED) is 0.828. The van der Waals surface area contributed by atoms with Crippen LogP contribution in [0.3, 0.4) is 0 Å². The van der Waals surface area contributed by atoms with Crippen LogP contribution >= 0.6 is 15.9 Å². The predicted octanol–water partition coefficient (Wildman–Crippen LogP) is 3.67. The van der Waals surface area contributed by atoms with Crippen molar-refractivity contribution < 1.29 is 9.53 Å². The first-order valence-electron chi connectivity index (χ1n) is 6.51. The highest BCUT2D eigenvalue weighted by atomic mass is 79.9. The minimum absolute atomic E-state index is 0.0487. The van der Waals surface area contributed by atoms with Crippen LogP contribution in [0.2, 0.25) is 0 Å². The first-order chi connectivity index (χ1) is 9.97. The van der Waals surface area contributed by atoms with E-state index in [1.807, 2.05) is 50.2 Å². The zero-order chi connectivity index (χ0) is 15.4. The number of ether oxygens (including phenoxy) is 1. The number of nitrogens with one attached hydrogen (secondary N) is 1. The van der Waals surface area contributed by atoms with E-state index in [2.05, 4.69) is 21.2 Å².